The Hall–Kier alpha value is -1.16. The molecule has 0 unspecified atom stereocenters. The minimum Gasteiger partial charge on any atom is -0.310 e. The summed E-state index contributed by atoms with van der Waals surface area (Å²) in [6.45, 7) is 4.86. The molecule has 0 bridgehead atoms. The smallest absolute Gasteiger partial charge is 0.251 e. The Morgan fingerprint density at radius 3 is 2.63 bits per heavy atom. The van der Waals surface area contributed by atoms with E-state index in [0.717, 1.165) is 24.4 Å². The number of nitrogens with one attached hydrogen (secondary N) is 2. The number of hydrogen-bond donors (Lipinski definition) is 2. The van der Waals surface area contributed by atoms with Crippen LogP contribution in [-0.2, 0) is 6.54 Å². The van der Waals surface area contributed by atoms with Crippen molar-refractivity contribution >= 4 is 0 Å². The lowest BCUT2D eigenvalue weighted by molar-refractivity contribution is 0.543. The molecule has 2 N–H and O–H groups in total. The van der Waals surface area contributed by atoms with Gasteiger partial charge in [0.2, 0.25) is 0 Å². The molecule has 0 radical (unpaired) electrons. The van der Waals surface area contributed by atoms with Crippen molar-refractivity contribution < 1.29 is 0 Å². The molecule has 1 aliphatic rings. The monoisotopic (exact) mass is 263 g/mol. The molecule has 1 aromatic heterocycles. The maximum atomic E-state index is 11.8. The van der Waals surface area contributed by atoms with E-state index in [0.29, 0.717) is 18.5 Å². The highest BCUT2D eigenvalue weighted by molar-refractivity contribution is 5.06. The first-order valence-electron chi connectivity index (χ1n) is 7.48. The van der Waals surface area contributed by atoms with Crippen molar-refractivity contribution in [3.05, 3.63) is 27.9 Å². The molecule has 0 saturated heterocycles. The third-order valence-corrected chi connectivity index (χ3v) is 3.75. The largest absolute Gasteiger partial charge is 0.310 e. The molecule has 19 heavy (non-hydrogen) atoms. The van der Waals surface area contributed by atoms with Crippen LogP contribution in [0.2, 0.25) is 0 Å². The molecule has 106 valence electrons. The Morgan fingerprint density at radius 2 is 2.00 bits per heavy atom. The molecule has 2 rings (SSSR count). The van der Waals surface area contributed by atoms with Gasteiger partial charge in [0.05, 0.1) is 5.69 Å². The molecular formula is C15H25N3O. The molecule has 0 aromatic carbocycles. The topological polar surface area (TPSA) is 57.8 Å². The number of hydrogen-bond acceptors (Lipinski definition) is 3. The highest BCUT2D eigenvalue weighted by Gasteiger charge is 2.17. The van der Waals surface area contributed by atoms with E-state index in [1.54, 1.807) is 6.07 Å². The molecule has 1 aromatic rings. The summed E-state index contributed by atoms with van der Waals surface area (Å²) in [4.78, 5) is 19.4. The van der Waals surface area contributed by atoms with E-state index in [9.17, 15) is 4.79 Å². The molecule has 1 saturated carbocycles. The van der Waals surface area contributed by atoms with E-state index in [4.69, 9.17) is 0 Å². The van der Waals surface area contributed by atoms with Crippen LogP contribution in [0.15, 0.2) is 10.9 Å². The second-order valence-electron chi connectivity index (χ2n) is 5.85. The molecule has 0 atom stereocenters. The van der Waals surface area contributed by atoms with Gasteiger partial charge in [0.25, 0.3) is 5.56 Å². The maximum absolute atomic E-state index is 11.8. The zero-order chi connectivity index (χ0) is 13.7. The predicted octanol–water partition coefficient (Wildman–Crippen LogP) is 2.71. The lowest BCUT2D eigenvalue weighted by Crippen LogP contribution is -2.25. The third-order valence-electron chi connectivity index (χ3n) is 3.75. The van der Waals surface area contributed by atoms with Gasteiger partial charge in [0.1, 0.15) is 5.82 Å². The van der Waals surface area contributed by atoms with Crippen LogP contribution < -0.4 is 10.9 Å². The van der Waals surface area contributed by atoms with Gasteiger partial charge < -0.3 is 10.3 Å². The number of aromatic nitrogens is 2. The zero-order valence-corrected chi connectivity index (χ0v) is 12.0. The summed E-state index contributed by atoms with van der Waals surface area (Å²) in [5.41, 5.74) is 0.839. The third kappa shape index (κ3) is 4.46. The average molecular weight is 263 g/mol. The minimum atomic E-state index is -0.0187. The standard InChI is InChI=1S/C15H25N3O/c1-11(2)16-10-13-9-14(19)18-15(17-13)12-7-5-3-4-6-8-12/h9,11-12,16H,3-8,10H2,1-2H3,(H,17,18,19). The molecule has 4 nitrogen and oxygen atoms in total. The van der Waals surface area contributed by atoms with Gasteiger partial charge >= 0.3 is 0 Å². The Bertz CT molecular complexity index is 445. The first kappa shape index (κ1) is 14.3. The van der Waals surface area contributed by atoms with Crippen LogP contribution >= 0.6 is 0 Å². The van der Waals surface area contributed by atoms with Crippen molar-refractivity contribution in [3.8, 4) is 0 Å². The van der Waals surface area contributed by atoms with Gasteiger partial charge in [0.15, 0.2) is 0 Å². The molecule has 1 heterocycles. The van der Waals surface area contributed by atoms with Crippen LogP contribution in [0.5, 0.6) is 0 Å². The van der Waals surface area contributed by atoms with Crippen LogP contribution in [-0.4, -0.2) is 16.0 Å². The van der Waals surface area contributed by atoms with Crippen LogP contribution in [0.25, 0.3) is 0 Å². The second kappa shape index (κ2) is 6.85. The number of H-pyrrole nitrogens is 1. The molecule has 4 heteroatoms. The lowest BCUT2D eigenvalue weighted by Gasteiger charge is -2.14. The van der Waals surface area contributed by atoms with Gasteiger partial charge in [-0.3, -0.25) is 4.79 Å². The Morgan fingerprint density at radius 1 is 1.32 bits per heavy atom. The molecule has 0 spiro atoms. The normalized spacial score (nSPS) is 17.6. The summed E-state index contributed by atoms with van der Waals surface area (Å²) < 4.78 is 0. The van der Waals surface area contributed by atoms with Crippen LogP contribution in [0.3, 0.4) is 0 Å². The summed E-state index contributed by atoms with van der Waals surface area (Å²) in [6.07, 6.45) is 7.45. The molecule has 0 aliphatic heterocycles. The van der Waals surface area contributed by atoms with Gasteiger partial charge in [-0.2, -0.15) is 0 Å². The summed E-state index contributed by atoms with van der Waals surface area (Å²) in [7, 11) is 0. The fraction of sp³-hybridized carbons (Fsp3) is 0.733. The van der Waals surface area contributed by atoms with Crippen molar-refractivity contribution in [1.82, 2.24) is 15.3 Å². The van der Waals surface area contributed by atoms with Gasteiger partial charge in [0, 0.05) is 24.6 Å². The van der Waals surface area contributed by atoms with Crippen LogP contribution in [0, 0.1) is 0 Å². The van der Waals surface area contributed by atoms with Crippen molar-refractivity contribution in [2.24, 2.45) is 0 Å². The van der Waals surface area contributed by atoms with Gasteiger partial charge in [-0.05, 0) is 12.8 Å². The maximum Gasteiger partial charge on any atom is 0.251 e. The molecule has 0 amide bonds. The first-order valence-corrected chi connectivity index (χ1v) is 7.48. The van der Waals surface area contributed by atoms with E-state index >= 15 is 0 Å². The molecule has 1 aliphatic carbocycles. The van der Waals surface area contributed by atoms with Crippen molar-refractivity contribution in [2.45, 2.75) is 70.9 Å². The summed E-state index contributed by atoms with van der Waals surface area (Å²) in [5, 5.41) is 3.32. The van der Waals surface area contributed by atoms with Crippen molar-refractivity contribution in [3.63, 3.8) is 0 Å². The van der Waals surface area contributed by atoms with Crippen LogP contribution in [0.1, 0.15) is 69.8 Å². The average Bonchev–Trinajstić information content (AvgIpc) is 2.64. The first-order chi connectivity index (χ1) is 9.15. The van der Waals surface area contributed by atoms with Crippen molar-refractivity contribution in [2.75, 3.05) is 0 Å². The Kier molecular flexibility index (Phi) is 5.14. The summed E-state index contributed by atoms with van der Waals surface area (Å²) >= 11 is 0. The van der Waals surface area contributed by atoms with E-state index in [-0.39, 0.29) is 5.56 Å². The summed E-state index contributed by atoms with van der Waals surface area (Å²) in [5.74, 6) is 1.34. The predicted molar refractivity (Wildman–Crippen MR) is 77.3 cm³/mol. The number of nitrogens with zero attached hydrogens (tertiary/aromatic N) is 1. The quantitative estimate of drug-likeness (QED) is 0.821. The van der Waals surface area contributed by atoms with E-state index < -0.39 is 0 Å². The summed E-state index contributed by atoms with van der Waals surface area (Å²) in [6, 6.07) is 2.01. The fourth-order valence-corrected chi connectivity index (χ4v) is 2.67. The highest BCUT2D eigenvalue weighted by Crippen LogP contribution is 2.29. The zero-order valence-electron chi connectivity index (χ0n) is 12.0. The molecular weight excluding hydrogens is 238 g/mol. The van der Waals surface area contributed by atoms with Crippen molar-refractivity contribution in [1.29, 1.82) is 0 Å². The van der Waals surface area contributed by atoms with Gasteiger partial charge in [-0.1, -0.05) is 39.5 Å². The SMILES string of the molecule is CC(C)NCc1cc(=O)[nH]c(C2CCCCCC2)n1. The Balaban J connectivity index is 2.13. The van der Waals surface area contributed by atoms with E-state index in [1.165, 1.54) is 25.7 Å². The molecule has 1 fully saturated rings. The second-order valence-corrected chi connectivity index (χ2v) is 5.85. The lowest BCUT2D eigenvalue weighted by atomic mass is 9.99. The number of aromatic amines is 1. The fourth-order valence-electron chi connectivity index (χ4n) is 2.67. The van der Waals surface area contributed by atoms with Gasteiger partial charge in [-0.15, -0.1) is 0 Å². The minimum absolute atomic E-state index is 0.0187. The van der Waals surface area contributed by atoms with E-state index in [2.05, 4.69) is 29.1 Å². The number of rotatable bonds is 4. The Labute approximate surface area is 115 Å². The van der Waals surface area contributed by atoms with Gasteiger partial charge in [-0.25, -0.2) is 4.98 Å². The van der Waals surface area contributed by atoms with Crippen LogP contribution in [0.4, 0.5) is 0 Å². The van der Waals surface area contributed by atoms with E-state index in [1.807, 2.05) is 0 Å². The highest BCUT2D eigenvalue weighted by atomic mass is 16.1.